The molecule has 2 saturated carbocycles. The molecule has 2 aliphatic carbocycles. The van der Waals surface area contributed by atoms with Crippen LogP contribution in [0.2, 0.25) is 0 Å². The molecular weight excluding hydrogens is 134 g/mol. The molecule has 3 atom stereocenters. The van der Waals surface area contributed by atoms with Gasteiger partial charge in [0, 0.05) is 12.6 Å². The van der Waals surface area contributed by atoms with Gasteiger partial charge in [0.2, 0.25) is 0 Å². The summed E-state index contributed by atoms with van der Waals surface area (Å²) in [4.78, 5) is 0. The average molecular weight is 151 g/mol. The first-order valence-electron chi connectivity index (χ1n) is 4.76. The van der Waals surface area contributed by atoms with E-state index in [-0.39, 0.29) is 0 Å². The predicted octanol–water partition coefficient (Wildman–Crippen LogP) is 1.95. The molecule has 0 radical (unpaired) electrons. The Morgan fingerprint density at radius 1 is 1.45 bits per heavy atom. The van der Waals surface area contributed by atoms with Gasteiger partial charge in [-0.05, 0) is 24.7 Å². The Labute approximate surface area is 68.9 Å². The minimum absolute atomic E-state index is 0.826. The van der Waals surface area contributed by atoms with Crippen molar-refractivity contribution < 1.29 is 0 Å². The van der Waals surface area contributed by atoms with Crippen LogP contribution in [-0.2, 0) is 0 Å². The van der Waals surface area contributed by atoms with Crippen molar-refractivity contribution in [2.75, 3.05) is 6.54 Å². The van der Waals surface area contributed by atoms with Gasteiger partial charge in [0.1, 0.15) is 0 Å². The van der Waals surface area contributed by atoms with E-state index < -0.39 is 0 Å². The zero-order valence-electron chi connectivity index (χ0n) is 7.05. The molecular formula is C10H17N. The summed E-state index contributed by atoms with van der Waals surface area (Å²) in [6.07, 6.45) is 7.79. The third-order valence-electron chi connectivity index (χ3n) is 3.11. The smallest absolute Gasteiger partial charge is 0.0134 e. The lowest BCUT2D eigenvalue weighted by molar-refractivity contribution is 0.364. The zero-order valence-corrected chi connectivity index (χ0v) is 7.05. The molecule has 0 aromatic heterocycles. The summed E-state index contributed by atoms with van der Waals surface area (Å²) in [5.74, 6) is 2.12. The van der Waals surface area contributed by atoms with Gasteiger partial charge in [0.25, 0.3) is 0 Å². The molecule has 3 unspecified atom stereocenters. The van der Waals surface area contributed by atoms with Crippen molar-refractivity contribution in [3.63, 3.8) is 0 Å². The number of nitrogens with one attached hydrogen (secondary N) is 1. The summed E-state index contributed by atoms with van der Waals surface area (Å²) in [7, 11) is 0. The summed E-state index contributed by atoms with van der Waals surface area (Å²) in [5.41, 5.74) is 0. The molecule has 0 heterocycles. The highest BCUT2D eigenvalue weighted by Gasteiger charge is 2.44. The normalized spacial score (nSPS) is 41.3. The van der Waals surface area contributed by atoms with Gasteiger partial charge in [-0.2, -0.15) is 0 Å². The molecule has 1 heteroatoms. The second-order valence-electron chi connectivity index (χ2n) is 3.89. The summed E-state index contributed by atoms with van der Waals surface area (Å²) >= 11 is 0. The topological polar surface area (TPSA) is 12.0 Å². The molecule has 1 nitrogen and oxygen atoms in total. The van der Waals surface area contributed by atoms with Crippen molar-refractivity contribution in [3.8, 4) is 0 Å². The van der Waals surface area contributed by atoms with Gasteiger partial charge in [-0.25, -0.2) is 0 Å². The Balaban J connectivity index is 1.78. The Morgan fingerprint density at radius 2 is 2.36 bits per heavy atom. The average Bonchev–Trinajstić information content (AvgIpc) is 2.79. The van der Waals surface area contributed by atoms with Gasteiger partial charge < -0.3 is 5.32 Å². The van der Waals surface area contributed by atoms with Crippen LogP contribution in [0.3, 0.4) is 0 Å². The fraction of sp³-hybridized carbons (Fsp3) is 0.800. The molecule has 0 amide bonds. The van der Waals surface area contributed by atoms with Gasteiger partial charge in [-0.1, -0.05) is 18.9 Å². The summed E-state index contributed by atoms with van der Waals surface area (Å²) < 4.78 is 0. The van der Waals surface area contributed by atoms with Crippen molar-refractivity contribution in [1.29, 1.82) is 0 Å². The van der Waals surface area contributed by atoms with E-state index in [0.29, 0.717) is 0 Å². The van der Waals surface area contributed by atoms with Crippen LogP contribution in [0.5, 0.6) is 0 Å². The van der Waals surface area contributed by atoms with E-state index in [9.17, 15) is 0 Å². The maximum atomic E-state index is 3.72. The van der Waals surface area contributed by atoms with Crippen molar-refractivity contribution in [3.05, 3.63) is 12.7 Å². The number of hydrogen-bond acceptors (Lipinski definition) is 1. The van der Waals surface area contributed by atoms with Gasteiger partial charge >= 0.3 is 0 Å². The summed E-state index contributed by atoms with van der Waals surface area (Å²) in [5, 5.41) is 3.54. The fourth-order valence-corrected chi connectivity index (χ4v) is 2.40. The number of fused-ring (bicyclic) bond motifs is 1. The van der Waals surface area contributed by atoms with Crippen LogP contribution in [0, 0.1) is 11.8 Å². The van der Waals surface area contributed by atoms with Crippen molar-refractivity contribution in [2.45, 2.75) is 31.7 Å². The van der Waals surface area contributed by atoms with Crippen molar-refractivity contribution in [1.82, 2.24) is 5.32 Å². The first-order chi connectivity index (χ1) is 5.42. The van der Waals surface area contributed by atoms with Crippen LogP contribution >= 0.6 is 0 Å². The van der Waals surface area contributed by atoms with Crippen LogP contribution in [0.25, 0.3) is 0 Å². The molecule has 0 aromatic carbocycles. The Hall–Kier alpha value is -0.300. The minimum Gasteiger partial charge on any atom is -0.310 e. The quantitative estimate of drug-likeness (QED) is 0.608. The molecule has 1 N–H and O–H groups in total. The molecule has 62 valence electrons. The molecule has 0 spiro atoms. The first-order valence-corrected chi connectivity index (χ1v) is 4.76. The van der Waals surface area contributed by atoms with Crippen LogP contribution in [0.1, 0.15) is 25.7 Å². The summed E-state index contributed by atoms with van der Waals surface area (Å²) in [6.45, 7) is 4.72. The molecule has 0 saturated heterocycles. The second kappa shape index (κ2) is 2.98. The van der Waals surface area contributed by atoms with Crippen LogP contribution in [0.15, 0.2) is 12.7 Å². The second-order valence-corrected chi connectivity index (χ2v) is 3.89. The third-order valence-corrected chi connectivity index (χ3v) is 3.11. The van der Waals surface area contributed by atoms with E-state index >= 15 is 0 Å². The maximum absolute atomic E-state index is 3.72. The molecule has 0 bridgehead atoms. The molecule has 0 aromatic rings. The van der Waals surface area contributed by atoms with Crippen molar-refractivity contribution >= 4 is 0 Å². The summed E-state index contributed by atoms with van der Waals surface area (Å²) in [6, 6.07) is 0.826. The molecule has 2 aliphatic rings. The SMILES string of the molecule is C=CCNC1CCCC2CC21. The van der Waals surface area contributed by atoms with E-state index in [1.54, 1.807) is 0 Å². The van der Waals surface area contributed by atoms with Gasteiger partial charge in [-0.3, -0.25) is 0 Å². The highest BCUT2D eigenvalue weighted by Crippen LogP contribution is 2.49. The standard InChI is InChI=1S/C10H17N/c1-2-6-11-10-5-3-4-8-7-9(8)10/h2,8-11H,1,3-7H2. The van der Waals surface area contributed by atoms with Gasteiger partial charge in [-0.15, -0.1) is 6.58 Å². The van der Waals surface area contributed by atoms with E-state index in [4.69, 9.17) is 0 Å². The predicted molar refractivity (Wildman–Crippen MR) is 47.4 cm³/mol. The lowest BCUT2D eigenvalue weighted by atomic mass is 9.95. The molecule has 0 aliphatic heterocycles. The fourth-order valence-electron chi connectivity index (χ4n) is 2.40. The van der Waals surface area contributed by atoms with Crippen LogP contribution in [0.4, 0.5) is 0 Å². The number of hydrogen-bond donors (Lipinski definition) is 1. The van der Waals surface area contributed by atoms with Gasteiger partial charge in [0.15, 0.2) is 0 Å². The lowest BCUT2D eigenvalue weighted by Crippen LogP contribution is -2.33. The van der Waals surface area contributed by atoms with E-state index in [1.165, 1.54) is 25.7 Å². The van der Waals surface area contributed by atoms with Crippen LogP contribution in [-0.4, -0.2) is 12.6 Å². The zero-order chi connectivity index (χ0) is 7.68. The Morgan fingerprint density at radius 3 is 3.18 bits per heavy atom. The Bertz CT molecular complexity index is 153. The van der Waals surface area contributed by atoms with E-state index in [1.807, 2.05) is 6.08 Å². The highest BCUT2D eigenvalue weighted by atomic mass is 14.9. The van der Waals surface area contributed by atoms with E-state index in [2.05, 4.69) is 11.9 Å². The van der Waals surface area contributed by atoms with Crippen LogP contribution < -0.4 is 5.32 Å². The van der Waals surface area contributed by atoms with E-state index in [0.717, 1.165) is 24.4 Å². The minimum atomic E-state index is 0.826. The first kappa shape index (κ1) is 7.35. The van der Waals surface area contributed by atoms with Gasteiger partial charge in [0.05, 0.1) is 0 Å². The molecule has 2 fully saturated rings. The number of rotatable bonds is 3. The highest BCUT2D eigenvalue weighted by molar-refractivity contribution is 4.98. The van der Waals surface area contributed by atoms with Crippen molar-refractivity contribution in [2.24, 2.45) is 11.8 Å². The Kier molecular flexibility index (Phi) is 1.99. The largest absolute Gasteiger partial charge is 0.310 e. The molecule has 2 rings (SSSR count). The third kappa shape index (κ3) is 1.48. The lowest BCUT2D eigenvalue weighted by Gasteiger charge is -2.21. The molecule has 11 heavy (non-hydrogen) atoms. The maximum Gasteiger partial charge on any atom is 0.0134 e. The monoisotopic (exact) mass is 151 g/mol.